The first-order valence-electron chi connectivity index (χ1n) is 10.2. The average molecular weight is 396 g/mol. The smallest absolute Gasteiger partial charge is 0.226 e. The van der Waals surface area contributed by atoms with Crippen LogP contribution in [-0.4, -0.2) is 20.5 Å². The molecule has 0 amide bonds. The zero-order valence-corrected chi connectivity index (χ0v) is 16.5. The van der Waals surface area contributed by atoms with Crippen molar-refractivity contribution in [2.75, 3.05) is 5.32 Å². The van der Waals surface area contributed by atoms with E-state index in [1.807, 2.05) is 41.9 Å². The molecule has 0 spiro atoms. The van der Waals surface area contributed by atoms with Crippen LogP contribution in [0.15, 0.2) is 76.5 Å². The molecule has 6 rings (SSSR count). The number of benzene rings is 2. The van der Waals surface area contributed by atoms with Gasteiger partial charge in [-0.05, 0) is 41.8 Å². The van der Waals surface area contributed by atoms with Crippen molar-refractivity contribution < 1.29 is 9.21 Å². The molecule has 0 radical (unpaired) electrons. The van der Waals surface area contributed by atoms with Crippen LogP contribution in [0.5, 0.6) is 0 Å². The first kappa shape index (κ1) is 17.2. The van der Waals surface area contributed by atoms with Gasteiger partial charge in [0.2, 0.25) is 5.95 Å². The van der Waals surface area contributed by atoms with Crippen LogP contribution in [-0.2, 0) is 4.79 Å². The van der Waals surface area contributed by atoms with Crippen LogP contribution in [0, 0.1) is 6.92 Å². The Hall–Kier alpha value is -3.67. The number of aromatic nitrogens is 3. The van der Waals surface area contributed by atoms with Gasteiger partial charge in [-0.1, -0.05) is 42.5 Å². The molecule has 6 heteroatoms. The fraction of sp³-hybridized carbons (Fsp3) is 0.208. The predicted octanol–water partition coefficient (Wildman–Crippen LogP) is 4.75. The van der Waals surface area contributed by atoms with Gasteiger partial charge in [0.05, 0.1) is 6.26 Å². The van der Waals surface area contributed by atoms with Gasteiger partial charge in [-0.2, -0.15) is 10.1 Å². The summed E-state index contributed by atoms with van der Waals surface area (Å²) in [4.78, 5) is 18.1. The van der Waals surface area contributed by atoms with E-state index in [-0.39, 0.29) is 17.7 Å². The van der Waals surface area contributed by atoms with E-state index >= 15 is 0 Å². The van der Waals surface area contributed by atoms with Crippen molar-refractivity contribution >= 4 is 22.5 Å². The third-order valence-electron chi connectivity index (χ3n) is 6.09. The van der Waals surface area contributed by atoms with Crippen LogP contribution in [0.25, 0.3) is 10.8 Å². The maximum Gasteiger partial charge on any atom is 0.226 e. The van der Waals surface area contributed by atoms with Crippen LogP contribution in [0.2, 0.25) is 0 Å². The van der Waals surface area contributed by atoms with E-state index in [2.05, 4.69) is 39.7 Å². The number of hydrogen-bond acceptors (Lipinski definition) is 5. The van der Waals surface area contributed by atoms with Crippen LogP contribution in [0.4, 0.5) is 5.95 Å². The molecule has 4 aromatic rings. The molecule has 2 aliphatic rings. The monoisotopic (exact) mass is 396 g/mol. The minimum atomic E-state index is -0.298. The Morgan fingerprint density at radius 3 is 2.80 bits per heavy atom. The lowest BCUT2D eigenvalue weighted by Gasteiger charge is -2.34. The highest BCUT2D eigenvalue weighted by molar-refractivity contribution is 6.01. The maximum absolute atomic E-state index is 13.5. The Kier molecular flexibility index (Phi) is 3.68. The minimum absolute atomic E-state index is 0.0301. The highest BCUT2D eigenvalue weighted by Crippen LogP contribution is 2.45. The summed E-state index contributed by atoms with van der Waals surface area (Å²) in [6.07, 6.45) is 2.80. The second kappa shape index (κ2) is 6.42. The average Bonchev–Trinajstić information content (AvgIpc) is 3.41. The molecule has 1 N–H and O–H groups in total. The molecule has 30 heavy (non-hydrogen) atoms. The van der Waals surface area contributed by atoms with Gasteiger partial charge < -0.3 is 9.73 Å². The summed E-state index contributed by atoms with van der Waals surface area (Å²) in [5.41, 5.74) is 2.77. The van der Waals surface area contributed by atoms with Gasteiger partial charge in [-0.15, -0.1) is 0 Å². The molecule has 1 aliphatic carbocycles. The standard InChI is InChI=1S/C24H20N4O2/c1-14-25-24-26-19-12-16(21-10-5-11-30-21)13-20(29)22(19)23(28(24)27-14)18-9-4-7-15-6-2-3-8-17(15)18/h2-11,16,23H,12-13H2,1H3,(H,25,26,27)/t16-,23-/m0/s1. The SMILES string of the molecule is Cc1nc2n(n1)[C@@H](c1cccc3ccccc13)C1=C(C[C@H](c3ccco3)CC1=O)N2. The fourth-order valence-corrected chi connectivity index (χ4v) is 4.82. The lowest BCUT2D eigenvalue weighted by atomic mass is 9.79. The topological polar surface area (TPSA) is 73.0 Å². The lowest BCUT2D eigenvalue weighted by molar-refractivity contribution is -0.117. The van der Waals surface area contributed by atoms with Gasteiger partial charge in [-0.25, -0.2) is 4.68 Å². The number of nitrogens with one attached hydrogen (secondary N) is 1. The number of carbonyl (C=O) groups is 1. The van der Waals surface area contributed by atoms with Crippen molar-refractivity contribution in [1.29, 1.82) is 0 Å². The molecule has 148 valence electrons. The van der Waals surface area contributed by atoms with Gasteiger partial charge in [-0.3, -0.25) is 4.79 Å². The summed E-state index contributed by atoms with van der Waals surface area (Å²) in [6.45, 7) is 1.87. The van der Waals surface area contributed by atoms with E-state index in [1.165, 1.54) is 0 Å². The number of fused-ring (bicyclic) bond motifs is 2. The predicted molar refractivity (Wildman–Crippen MR) is 113 cm³/mol. The lowest BCUT2D eigenvalue weighted by Crippen LogP contribution is -2.33. The zero-order chi connectivity index (χ0) is 20.2. The first-order valence-corrected chi connectivity index (χ1v) is 10.2. The molecule has 3 heterocycles. The molecular weight excluding hydrogens is 376 g/mol. The number of aryl methyl sites for hydroxylation is 1. The van der Waals surface area contributed by atoms with E-state index in [9.17, 15) is 4.79 Å². The van der Waals surface area contributed by atoms with Crippen LogP contribution in [0.1, 0.15) is 41.9 Å². The highest BCUT2D eigenvalue weighted by Gasteiger charge is 2.40. The molecule has 0 bridgehead atoms. The summed E-state index contributed by atoms with van der Waals surface area (Å²) in [7, 11) is 0. The number of ketones is 1. The number of hydrogen-bond donors (Lipinski definition) is 1. The number of rotatable bonds is 2. The van der Waals surface area contributed by atoms with Gasteiger partial charge in [0.1, 0.15) is 17.6 Å². The summed E-state index contributed by atoms with van der Waals surface area (Å²) in [5.74, 6) is 2.36. The Balaban J connectivity index is 1.56. The number of nitrogens with zero attached hydrogens (tertiary/aromatic N) is 3. The molecule has 0 unspecified atom stereocenters. The third kappa shape index (κ3) is 2.53. The van der Waals surface area contributed by atoms with Crippen molar-refractivity contribution in [2.24, 2.45) is 0 Å². The van der Waals surface area contributed by atoms with Crippen LogP contribution in [0.3, 0.4) is 0 Å². The molecule has 1 aliphatic heterocycles. The molecule has 0 saturated heterocycles. The molecule has 6 nitrogen and oxygen atoms in total. The number of anilines is 1. The van der Waals surface area contributed by atoms with Crippen molar-refractivity contribution in [3.8, 4) is 0 Å². The Morgan fingerprint density at radius 2 is 1.93 bits per heavy atom. The Morgan fingerprint density at radius 1 is 1.07 bits per heavy atom. The number of carbonyl (C=O) groups excluding carboxylic acids is 1. The summed E-state index contributed by atoms with van der Waals surface area (Å²) in [5, 5.41) is 10.3. The van der Waals surface area contributed by atoms with E-state index in [0.717, 1.165) is 33.4 Å². The van der Waals surface area contributed by atoms with Crippen molar-refractivity contribution in [3.05, 3.63) is 89.3 Å². The van der Waals surface area contributed by atoms with Crippen molar-refractivity contribution in [3.63, 3.8) is 0 Å². The summed E-state index contributed by atoms with van der Waals surface area (Å²) >= 11 is 0. The third-order valence-corrected chi connectivity index (χ3v) is 6.09. The van der Waals surface area contributed by atoms with Gasteiger partial charge >= 0.3 is 0 Å². The summed E-state index contributed by atoms with van der Waals surface area (Å²) < 4.78 is 7.47. The van der Waals surface area contributed by atoms with Crippen LogP contribution >= 0.6 is 0 Å². The largest absolute Gasteiger partial charge is 0.469 e. The molecule has 2 aromatic carbocycles. The Bertz CT molecular complexity index is 1310. The molecular formula is C24H20N4O2. The molecule has 0 saturated carbocycles. The number of Topliss-reactive ketones (excluding diaryl/α,β-unsaturated/α-hetero) is 1. The second-order valence-electron chi connectivity index (χ2n) is 7.96. The maximum atomic E-state index is 13.5. The van der Waals surface area contributed by atoms with Gasteiger partial charge in [0.15, 0.2) is 5.78 Å². The highest BCUT2D eigenvalue weighted by atomic mass is 16.3. The normalized spacial score (nSPS) is 20.8. The Labute approximate surface area is 173 Å². The van der Waals surface area contributed by atoms with E-state index in [0.29, 0.717) is 24.6 Å². The van der Waals surface area contributed by atoms with Gasteiger partial charge in [0, 0.05) is 23.6 Å². The van der Waals surface area contributed by atoms with Crippen LogP contribution < -0.4 is 5.32 Å². The quantitative estimate of drug-likeness (QED) is 0.529. The van der Waals surface area contributed by atoms with E-state index in [4.69, 9.17) is 4.42 Å². The molecule has 2 aromatic heterocycles. The van der Waals surface area contributed by atoms with E-state index in [1.54, 1.807) is 6.26 Å². The molecule has 2 atom stereocenters. The number of furan rings is 1. The van der Waals surface area contributed by atoms with Crippen molar-refractivity contribution in [2.45, 2.75) is 31.7 Å². The van der Waals surface area contributed by atoms with E-state index < -0.39 is 0 Å². The second-order valence-corrected chi connectivity index (χ2v) is 7.96. The zero-order valence-electron chi connectivity index (χ0n) is 16.5. The summed E-state index contributed by atoms with van der Waals surface area (Å²) in [6, 6.07) is 18.0. The first-order chi connectivity index (χ1) is 14.7. The van der Waals surface area contributed by atoms with Crippen molar-refractivity contribution in [1.82, 2.24) is 14.8 Å². The minimum Gasteiger partial charge on any atom is -0.469 e. The fourth-order valence-electron chi connectivity index (χ4n) is 4.82. The molecule has 0 fully saturated rings. The van der Waals surface area contributed by atoms with Gasteiger partial charge in [0.25, 0.3) is 0 Å². The number of allylic oxidation sites excluding steroid dienone is 2.